The van der Waals surface area contributed by atoms with Crippen molar-refractivity contribution < 1.29 is 0 Å². The summed E-state index contributed by atoms with van der Waals surface area (Å²) in [7, 11) is 0. The van der Waals surface area contributed by atoms with Crippen molar-refractivity contribution >= 4 is 33.2 Å². The van der Waals surface area contributed by atoms with Gasteiger partial charge in [0.2, 0.25) is 0 Å². The van der Waals surface area contributed by atoms with Crippen LogP contribution in [0.1, 0.15) is 44.1 Å². The minimum absolute atomic E-state index is 0.722. The second-order valence-electron chi connectivity index (χ2n) is 5.83. The Morgan fingerprint density at radius 1 is 1.16 bits per heavy atom. The molecule has 0 amide bonds. The van der Waals surface area contributed by atoms with Gasteiger partial charge in [0.1, 0.15) is 0 Å². The zero-order valence-electron chi connectivity index (χ0n) is 11.2. The van der Waals surface area contributed by atoms with Crippen LogP contribution in [0.5, 0.6) is 0 Å². The molecule has 1 heterocycles. The number of nitrogens with zero attached hydrogens (tertiary/aromatic N) is 1. The van der Waals surface area contributed by atoms with Crippen LogP contribution in [-0.4, -0.2) is 12.6 Å². The van der Waals surface area contributed by atoms with Crippen molar-refractivity contribution in [1.29, 1.82) is 0 Å². The summed E-state index contributed by atoms with van der Waals surface area (Å²) in [4.78, 5) is 2.62. The maximum absolute atomic E-state index is 6.51. The number of anilines is 1. The molecule has 0 unspecified atom stereocenters. The first-order valence-electron chi connectivity index (χ1n) is 7.41. The SMILES string of the molecule is Clc1cccc(CBr)c1N1CCC[C@H]2CCCC[C@H]21. The smallest absolute Gasteiger partial charge is 0.0642 e. The third kappa shape index (κ3) is 2.67. The van der Waals surface area contributed by atoms with Crippen molar-refractivity contribution in [1.82, 2.24) is 0 Å². The fraction of sp³-hybridized carbons (Fsp3) is 0.625. The van der Waals surface area contributed by atoms with Gasteiger partial charge in [-0.25, -0.2) is 0 Å². The van der Waals surface area contributed by atoms with Gasteiger partial charge in [-0.05, 0) is 43.2 Å². The Kier molecular flexibility index (Phi) is 4.38. The minimum atomic E-state index is 0.722. The number of fused-ring (bicyclic) bond motifs is 1. The van der Waals surface area contributed by atoms with Gasteiger partial charge in [-0.1, -0.05) is 52.5 Å². The molecule has 3 rings (SSSR count). The van der Waals surface area contributed by atoms with E-state index in [1.807, 2.05) is 6.07 Å². The molecule has 1 nitrogen and oxygen atoms in total. The van der Waals surface area contributed by atoms with Gasteiger partial charge in [0.15, 0.2) is 0 Å². The van der Waals surface area contributed by atoms with Crippen molar-refractivity contribution in [3.8, 4) is 0 Å². The number of halogens is 2. The van der Waals surface area contributed by atoms with E-state index in [4.69, 9.17) is 11.6 Å². The molecule has 104 valence electrons. The van der Waals surface area contributed by atoms with E-state index < -0.39 is 0 Å². The molecule has 3 heteroatoms. The van der Waals surface area contributed by atoms with Crippen LogP contribution >= 0.6 is 27.5 Å². The molecule has 0 spiro atoms. The van der Waals surface area contributed by atoms with E-state index in [-0.39, 0.29) is 0 Å². The Hall–Kier alpha value is -0.210. The highest BCUT2D eigenvalue weighted by Gasteiger charge is 2.34. The normalized spacial score (nSPS) is 27.2. The van der Waals surface area contributed by atoms with Gasteiger partial charge in [-0.15, -0.1) is 0 Å². The van der Waals surface area contributed by atoms with Crippen LogP contribution in [0.15, 0.2) is 18.2 Å². The zero-order valence-corrected chi connectivity index (χ0v) is 13.6. The molecule has 2 atom stereocenters. The van der Waals surface area contributed by atoms with E-state index in [2.05, 4.69) is 33.0 Å². The lowest BCUT2D eigenvalue weighted by Crippen LogP contribution is -2.47. The molecule has 0 radical (unpaired) electrons. The first-order chi connectivity index (χ1) is 9.31. The maximum Gasteiger partial charge on any atom is 0.0642 e. The molecule has 1 aliphatic heterocycles. The molecule has 1 aromatic rings. The van der Waals surface area contributed by atoms with Gasteiger partial charge in [-0.2, -0.15) is 0 Å². The standard InChI is InChI=1S/C16H21BrClN/c17-11-13-6-3-8-14(18)16(13)19-10-4-7-12-5-1-2-9-15(12)19/h3,6,8,12,15H,1-2,4-5,7,9-11H2/t12-,15-/m1/s1. The third-order valence-corrected chi connectivity index (χ3v) is 5.65. The van der Waals surface area contributed by atoms with E-state index in [1.54, 1.807) is 0 Å². The van der Waals surface area contributed by atoms with Gasteiger partial charge >= 0.3 is 0 Å². The Balaban J connectivity index is 1.96. The Labute approximate surface area is 129 Å². The number of rotatable bonds is 2. The molecule has 19 heavy (non-hydrogen) atoms. The van der Waals surface area contributed by atoms with Crippen LogP contribution in [0, 0.1) is 5.92 Å². The van der Waals surface area contributed by atoms with Crippen LogP contribution in [-0.2, 0) is 5.33 Å². The number of hydrogen-bond acceptors (Lipinski definition) is 1. The van der Waals surface area contributed by atoms with Crippen LogP contribution in [0.3, 0.4) is 0 Å². The van der Waals surface area contributed by atoms with Gasteiger partial charge in [0, 0.05) is 17.9 Å². The molecule has 2 aliphatic rings. The van der Waals surface area contributed by atoms with E-state index >= 15 is 0 Å². The maximum atomic E-state index is 6.51. The average Bonchev–Trinajstić information content (AvgIpc) is 2.46. The summed E-state index contributed by atoms with van der Waals surface area (Å²) in [5.41, 5.74) is 2.62. The predicted octanol–water partition coefficient (Wildman–Crippen LogP) is 5.39. The molecule has 1 saturated heterocycles. The number of para-hydroxylation sites is 1. The fourth-order valence-electron chi connectivity index (χ4n) is 3.89. The van der Waals surface area contributed by atoms with Crippen LogP contribution in [0.4, 0.5) is 5.69 Å². The lowest BCUT2D eigenvalue weighted by Gasteiger charge is -2.46. The molecule has 1 saturated carbocycles. The molecular weight excluding hydrogens is 322 g/mol. The van der Waals surface area contributed by atoms with Crippen LogP contribution in [0.25, 0.3) is 0 Å². The number of benzene rings is 1. The van der Waals surface area contributed by atoms with Gasteiger partial charge in [0.05, 0.1) is 10.7 Å². The predicted molar refractivity (Wildman–Crippen MR) is 86.4 cm³/mol. The average molecular weight is 343 g/mol. The largest absolute Gasteiger partial charge is 0.367 e. The number of alkyl halides is 1. The highest BCUT2D eigenvalue weighted by atomic mass is 79.9. The van der Waals surface area contributed by atoms with Crippen molar-refractivity contribution in [3.63, 3.8) is 0 Å². The second-order valence-corrected chi connectivity index (χ2v) is 6.80. The second kappa shape index (κ2) is 6.05. The molecule has 1 aromatic carbocycles. The fourth-order valence-corrected chi connectivity index (χ4v) is 4.65. The monoisotopic (exact) mass is 341 g/mol. The number of hydrogen-bond donors (Lipinski definition) is 0. The summed E-state index contributed by atoms with van der Waals surface area (Å²) in [6.45, 7) is 1.17. The van der Waals surface area contributed by atoms with E-state index in [0.29, 0.717) is 0 Å². The van der Waals surface area contributed by atoms with Crippen molar-refractivity contribution in [2.24, 2.45) is 5.92 Å². The van der Waals surface area contributed by atoms with Crippen molar-refractivity contribution in [2.45, 2.75) is 49.9 Å². The summed E-state index contributed by atoms with van der Waals surface area (Å²) < 4.78 is 0. The van der Waals surface area contributed by atoms with E-state index in [1.165, 1.54) is 56.3 Å². The van der Waals surface area contributed by atoms with Crippen molar-refractivity contribution in [2.75, 3.05) is 11.4 Å². The lowest BCUT2D eigenvalue weighted by molar-refractivity contribution is 0.243. The Morgan fingerprint density at radius 2 is 1.95 bits per heavy atom. The Morgan fingerprint density at radius 3 is 2.79 bits per heavy atom. The quantitative estimate of drug-likeness (QED) is 0.651. The van der Waals surface area contributed by atoms with E-state index in [9.17, 15) is 0 Å². The molecule has 2 fully saturated rings. The molecular formula is C16H21BrClN. The minimum Gasteiger partial charge on any atom is -0.367 e. The van der Waals surface area contributed by atoms with Gasteiger partial charge in [-0.3, -0.25) is 0 Å². The summed E-state index contributed by atoms with van der Waals surface area (Å²) in [6.07, 6.45) is 8.28. The molecule has 0 aromatic heterocycles. The summed E-state index contributed by atoms with van der Waals surface area (Å²) >= 11 is 10.1. The first kappa shape index (κ1) is 13.8. The summed E-state index contributed by atoms with van der Waals surface area (Å²) in [5, 5.41) is 1.81. The topological polar surface area (TPSA) is 3.24 Å². The van der Waals surface area contributed by atoms with Gasteiger partial charge < -0.3 is 4.90 Å². The molecule has 1 aliphatic carbocycles. The summed E-state index contributed by atoms with van der Waals surface area (Å²) in [5.74, 6) is 0.891. The number of piperidine rings is 1. The van der Waals surface area contributed by atoms with Crippen LogP contribution < -0.4 is 4.90 Å². The third-order valence-electron chi connectivity index (χ3n) is 4.74. The van der Waals surface area contributed by atoms with Gasteiger partial charge in [0.25, 0.3) is 0 Å². The van der Waals surface area contributed by atoms with E-state index in [0.717, 1.165) is 22.3 Å². The highest BCUT2D eigenvalue weighted by molar-refractivity contribution is 9.08. The Bertz CT molecular complexity index is 446. The highest BCUT2D eigenvalue weighted by Crippen LogP contribution is 2.41. The zero-order chi connectivity index (χ0) is 13.2. The van der Waals surface area contributed by atoms with Crippen LogP contribution in [0.2, 0.25) is 5.02 Å². The first-order valence-corrected chi connectivity index (χ1v) is 8.91. The van der Waals surface area contributed by atoms with Crippen molar-refractivity contribution in [3.05, 3.63) is 28.8 Å². The molecule has 0 bridgehead atoms. The summed E-state index contributed by atoms with van der Waals surface area (Å²) in [6, 6.07) is 7.02. The lowest BCUT2D eigenvalue weighted by atomic mass is 9.78. The molecule has 0 N–H and O–H groups in total.